The molecule has 2 aromatic heterocycles. The molecule has 2 aromatic carbocycles. The van der Waals surface area contributed by atoms with E-state index in [1.807, 2.05) is 30.3 Å². The molecule has 0 bridgehead atoms. The van der Waals surface area contributed by atoms with Gasteiger partial charge in [-0.3, -0.25) is 5.10 Å². The number of aromatic amines is 1. The third kappa shape index (κ3) is 4.25. The summed E-state index contributed by atoms with van der Waals surface area (Å²) in [5, 5.41) is 10.5. The first-order chi connectivity index (χ1) is 15.2. The Balaban J connectivity index is 1.27. The molecule has 0 saturated carbocycles. The van der Waals surface area contributed by atoms with Crippen molar-refractivity contribution in [1.82, 2.24) is 20.2 Å². The summed E-state index contributed by atoms with van der Waals surface area (Å²) in [5.41, 5.74) is 1.79. The van der Waals surface area contributed by atoms with E-state index in [-0.39, 0.29) is 19.2 Å². The molecule has 0 unspecified atom stereocenters. The predicted molar refractivity (Wildman–Crippen MR) is 110 cm³/mol. The second-order valence-electron chi connectivity index (χ2n) is 6.79. The molecule has 0 fully saturated rings. The summed E-state index contributed by atoms with van der Waals surface area (Å²) in [6.45, 7) is 0.971. The molecule has 156 valence electrons. The molecule has 0 radical (unpaired) electrons. The van der Waals surface area contributed by atoms with Crippen molar-refractivity contribution >= 4 is 5.82 Å². The summed E-state index contributed by atoms with van der Waals surface area (Å²) in [6.07, 6.45) is 1.71. The van der Waals surface area contributed by atoms with E-state index in [9.17, 15) is 4.39 Å². The molecule has 0 atom stereocenters. The molecule has 0 amide bonds. The van der Waals surface area contributed by atoms with Crippen molar-refractivity contribution in [1.29, 1.82) is 0 Å². The van der Waals surface area contributed by atoms with Crippen LogP contribution in [0, 0.1) is 5.82 Å². The molecular formula is C22H18FN5O3. The zero-order chi connectivity index (χ0) is 21.0. The minimum Gasteiger partial charge on any atom is -0.486 e. The molecule has 1 aliphatic rings. The Bertz CT molecular complexity index is 1200. The average Bonchev–Trinajstić information content (AvgIpc) is 3.47. The van der Waals surface area contributed by atoms with Crippen LogP contribution in [0.25, 0.3) is 11.4 Å². The van der Waals surface area contributed by atoms with E-state index in [0.717, 1.165) is 22.6 Å². The Morgan fingerprint density at radius 1 is 1.06 bits per heavy atom. The maximum absolute atomic E-state index is 13.0. The molecule has 5 rings (SSSR count). The van der Waals surface area contributed by atoms with Crippen LogP contribution in [-0.4, -0.2) is 27.0 Å². The highest BCUT2D eigenvalue weighted by atomic mass is 19.1. The summed E-state index contributed by atoms with van der Waals surface area (Å²) in [6, 6.07) is 15.3. The van der Waals surface area contributed by atoms with Gasteiger partial charge in [-0.15, -0.1) is 0 Å². The molecule has 0 aliphatic carbocycles. The monoisotopic (exact) mass is 419 g/mol. The molecule has 1 aliphatic heterocycles. The van der Waals surface area contributed by atoms with Crippen molar-refractivity contribution in [2.24, 2.45) is 0 Å². The summed E-state index contributed by atoms with van der Waals surface area (Å²) >= 11 is 0. The van der Waals surface area contributed by atoms with E-state index in [4.69, 9.17) is 14.2 Å². The standard InChI is InChI=1S/C22H18FN5O3/c23-15-4-6-16(7-5-15)29-12-20-26-22(28-27-20)17-2-1-9-24-21(17)25-11-14-3-8-18-19(10-14)31-13-30-18/h1-10H,11-13H2,(H,24,25)(H,26,27,28). The predicted octanol–water partition coefficient (Wildman–Crippen LogP) is 3.93. The first-order valence-electron chi connectivity index (χ1n) is 9.62. The lowest BCUT2D eigenvalue weighted by molar-refractivity contribution is 0.174. The summed E-state index contributed by atoms with van der Waals surface area (Å²) in [4.78, 5) is 8.92. The Labute approximate surface area is 177 Å². The minimum absolute atomic E-state index is 0.179. The lowest BCUT2D eigenvalue weighted by Crippen LogP contribution is -2.03. The average molecular weight is 419 g/mol. The Kier molecular flexibility index (Phi) is 5.05. The Hall–Kier alpha value is -4.14. The van der Waals surface area contributed by atoms with Crippen LogP contribution in [0.4, 0.5) is 10.2 Å². The number of fused-ring (bicyclic) bond motifs is 1. The van der Waals surface area contributed by atoms with Crippen LogP contribution in [0.5, 0.6) is 17.2 Å². The summed E-state index contributed by atoms with van der Waals surface area (Å²) in [5.74, 6) is 3.42. The van der Waals surface area contributed by atoms with Crippen molar-refractivity contribution in [2.45, 2.75) is 13.2 Å². The van der Waals surface area contributed by atoms with Gasteiger partial charge in [0, 0.05) is 12.7 Å². The smallest absolute Gasteiger partial charge is 0.231 e. The molecular weight excluding hydrogens is 401 g/mol. The van der Waals surface area contributed by atoms with Crippen molar-refractivity contribution < 1.29 is 18.6 Å². The fraction of sp³-hybridized carbons (Fsp3) is 0.136. The largest absolute Gasteiger partial charge is 0.486 e. The Morgan fingerprint density at radius 3 is 2.84 bits per heavy atom. The van der Waals surface area contributed by atoms with E-state index in [0.29, 0.717) is 29.8 Å². The molecule has 4 aromatic rings. The van der Waals surface area contributed by atoms with Crippen LogP contribution in [0.2, 0.25) is 0 Å². The van der Waals surface area contributed by atoms with E-state index in [1.54, 1.807) is 18.3 Å². The number of halogens is 1. The van der Waals surface area contributed by atoms with Gasteiger partial charge < -0.3 is 19.5 Å². The van der Waals surface area contributed by atoms with E-state index in [1.165, 1.54) is 12.1 Å². The maximum Gasteiger partial charge on any atom is 0.231 e. The zero-order valence-electron chi connectivity index (χ0n) is 16.3. The lowest BCUT2D eigenvalue weighted by atomic mass is 10.2. The fourth-order valence-corrected chi connectivity index (χ4v) is 3.13. The number of nitrogens with zero attached hydrogens (tertiary/aromatic N) is 3. The van der Waals surface area contributed by atoms with Gasteiger partial charge in [-0.2, -0.15) is 5.10 Å². The van der Waals surface area contributed by atoms with Crippen molar-refractivity contribution in [3.05, 3.63) is 78.0 Å². The second-order valence-corrected chi connectivity index (χ2v) is 6.79. The highest BCUT2D eigenvalue weighted by Gasteiger charge is 2.15. The van der Waals surface area contributed by atoms with Gasteiger partial charge in [0.1, 0.15) is 24.0 Å². The summed E-state index contributed by atoms with van der Waals surface area (Å²) in [7, 11) is 0. The number of ether oxygens (including phenoxy) is 3. The molecule has 9 heteroatoms. The SMILES string of the molecule is Fc1ccc(OCc2nc(-c3cccnc3NCc3ccc4c(c3)OCO4)n[nH]2)cc1. The van der Waals surface area contributed by atoms with Crippen LogP contribution in [0.1, 0.15) is 11.4 Å². The van der Waals surface area contributed by atoms with Gasteiger partial charge in [-0.05, 0) is 54.1 Å². The third-order valence-corrected chi connectivity index (χ3v) is 4.67. The van der Waals surface area contributed by atoms with Crippen LogP contribution < -0.4 is 19.5 Å². The van der Waals surface area contributed by atoms with Gasteiger partial charge in [0.15, 0.2) is 23.1 Å². The second kappa shape index (κ2) is 8.31. The van der Waals surface area contributed by atoms with Crippen LogP contribution >= 0.6 is 0 Å². The van der Waals surface area contributed by atoms with Crippen LogP contribution in [0.15, 0.2) is 60.8 Å². The quantitative estimate of drug-likeness (QED) is 0.469. The number of hydrogen-bond acceptors (Lipinski definition) is 7. The van der Waals surface area contributed by atoms with Gasteiger partial charge in [0.2, 0.25) is 6.79 Å². The van der Waals surface area contributed by atoms with Crippen molar-refractivity contribution in [3.63, 3.8) is 0 Å². The zero-order valence-corrected chi connectivity index (χ0v) is 16.3. The molecule has 31 heavy (non-hydrogen) atoms. The molecule has 8 nitrogen and oxygen atoms in total. The molecule has 0 saturated heterocycles. The van der Waals surface area contributed by atoms with Crippen molar-refractivity contribution in [2.75, 3.05) is 12.1 Å². The van der Waals surface area contributed by atoms with Gasteiger partial charge in [-0.1, -0.05) is 6.07 Å². The number of H-pyrrole nitrogens is 1. The number of hydrogen-bond donors (Lipinski definition) is 2. The lowest BCUT2D eigenvalue weighted by Gasteiger charge is -2.09. The van der Waals surface area contributed by atoms with E-state index in [2.05, 4.69) is 25.5 Å². The number of pyridine rings is 1. The maximum atomic E-state index is 13.0. The number of benzene rings is 2. The molecule has 0 spiro atoms. The summed E-state index contributed by atoms with van der Waals surface area (Å²) < 4.78 is 29.4. The van der Waals surface area contributed by atoms with Crippen LogP contribution in [0.3, 0.4) is 0 Å². The van der Waals surface area contributed by atoms with E-state index < -0.39 is 0 Å². The Morgan fingerprint density at radius 2 is 1.94 bits per heavy atom. The van der Waals surface area contributed by atoms with Gasteiger partial charge in [-0.25, -0.2) is 14.4 Å². The number of anilines is 1. The minimum atomic E-state index is -0.313. The van der Waals surface area contributed by atoms with Gasteiger partial charge >= 0.3 is 0 Å². The number of nitrogens with one attached hydrogen (secondary N) is 2. The number of rotatable bonds is 7. The normalized spacial score (nSPS) is 12.0. The third-order valence-electron chi connectivity index (χ3n) is 4.67. The topological polar surface area (TPSA) is 94.2 Å². The van der Waals surface area contributed by atoms with E-state index >= 15 is 0 Å². The number of aromatic nitrogens is 4. The van der Waals surface area contributed by atoms with Crippen LogP contribution in [-0.2, 0) is 13.2 Å². The highest BCUT2D eigenvalue weighted by Crippen LogP contribution is 2.33. The molecule has 3 heterocycles. The van der Waals surface area contributed by atoms with Gasteiger partial charge in [0.25, 0.3) is 0 Å². The fourth-order valence-electron chi connectivity index (χ4n) is 3.13. The molecule has 2 N–H and O–H groups in total. The first kappa shape index (κ1) is 18.9. The van der Waals surface area contributed by atoms with Crippen molar-refractivity contribution in [3.8, 4) is 28.6 Å². The first-order valence-corrected chi connectivity index (χ1v) is 9.62. The highest BCUT2D eigenvalue weighted by molar-refractivity contribution is 5.69. The van der Waals surface area contributed by atoms with Gasteiger partial charge in [0.05, 0.1) is 5.56 Å².